The molecule has 3 N–H and O–H groups in total. The number of aromatic nitrogens is 4. The van der Waals surface area contributed by atoms with Gasteiger partial charge >= 0.3 is 0 Å². The number of thiophene rings is 1. The van der Waals surface area contributed by atoms with Crippen molar-refractivity contribution in [1.29, 1.82) is 5.26 Å². The number of aliphatic hydroxyl groups excluding tert-OH is 1. The summed E-state index contributed by atoms with van der Waals surface area (Å²) in [5.41, 5.74) is 1.77. The lowest BCUT2D eigenvalue weighted by molar-refractivity contribution is 0.224. The first kappa shape index (κ1) is 14.9. The summed E-state index contributed by atoms with van der Waals surface area (Å²) in [5.74, 6) is 0.217. The molecule has 3 aromatic rings. The number of nitrogens with one attached hydrogen (secondary N) is 2. The van der Waals surface area contributed by atoms with Gasteiger partial charge in [-0.25, -0.2) is 0 Å². The van der Waals surface area contributed by atoms with Crippen molar-refractivity contribution in [2.24, 2.45) is 0 Å². The Hall–Kier alpha value is -3.02. The Labute approximate surface area is 135 Å². The van der Waals surface area contributed by atoms with E-state index >= 15 is 0 Å². The molecule has 0 aliphatic heterocycles. The van der Waals surface area contributed by atoms with E-state index in [0.29, 0.717) is 0 Å². The Morgan fingerprint density at radius 2 is 2.30 bits per heavy atom. The highest BCUT2D eigenvalue weighted by Gasteiger charge is 2.11. The van der Waals surface area contributed by atoms with E-state index in [2.05, 4.69) is 25.9 Å². The number of nitrogens with zero attached hydrogens (tertiary/aromatic N) is 4. The fraction of sp³-hybridized carbons (Fsp3) is 0.0667. The van der Waals surface area contributed by atoms with Gasteiger partial charge in [0, 0.05) is 16.8 Å². The van der Waals surface area contributed by atoms with Gasteiger partial charge < -0.3 is 10.4 Å². The number of allylic oxidation sites excluding steroid dienone is 1. The number of aromatic amines is 1. The minimum Gasteiger partial charge on any atom is -0.383 e. The summed E-state index contributed by atoms with van der Waals surface area (Å²) >= 11 is 1.50. The molecule has 1 unspecified atom stereocenters. The molecular weight excluding hydrogens is 312 g/mol. The van der Waals surface area contributed by atoms with Crippen LogP contribution in [-0.4, -0.2) is 25.7 Å². The highest BCUT2D eigenvalue weighted by Crippen LogP contribution is 2.27. The summed E-state index contributed by atoms with van der Waals surface area (Å²) in [6, 6.07) is 13.1. The maximum atomic E-state index is 10.4. The minimum atomic E-state index is -0.673. The molecule has 8 heteroatoms. The number of tetrazole rings is 1. The Kier molecular flexibility index (Phi) is 4.42. The second-order valence-corrected chi connectivity index (χ2v) is 5.57. The quantitative estimate of drug-likeness (QED) is 0.621. The third kappa shape index (κ3) is 3.42. The molecular formula is C15H12N6OS. The molecule has 7 nitrogen and oxygen atoms in total. The number of hydrogen-bond acceptors (Lipinski definition) is 7. The molecule has 23 heavy (non-hydrogen) atoms. The van der Waals surface area contributed by atoms with Crippen molar-refractivity contribution in [3.8, 4) is 6.07 Å². The summed E-state index contributed by atoms with van der Waals surface area (Å²) in [5, 5.41) is 37.7. The number of aliphatic hydroxyl groups is 1. The maximum absolute atomic E-state index is 10.4. The van der Waals surface area contributed by atoms with Gasteiger partial charge in [0.2, 0.25) is 5.82 Å². The first-order chi connectivity index (χ1) is 11.3. The lowest BCUT2D eigenvalue weighted by atomic mass is 10.1. The second-order valence-electron chi connectivity index (χ2n) is 4.59. The van der Waals surface area contributed by atoms with Crippen LogP contribution in [-0.2, 0) is 0 Å². The molecule has 0 saturated carbocycles. The lowest BCUT2D eigenvalue weighted by Gasteiger charge is -2.10. The van der Waals surface area contributed by atoms with Gasteiger partial charge in [-0.3, -0.25) is 0 Å². The predicted molar refractivity (Wildman–Crippen MR) is 86.2 cm³/mol. The van der Waals surface area contributed by atoms with E-state index in [-0.39, 0.29) is 11.4 Å². The zero-order valence-corrected chi connectivity index (χ0v) is 12.7. The van der Waals surface area contributed by atoms with Gasteiger partial charge in [0.1, 0.15) is 17.7 Å². The van der Waals surface area contributed by atoms with Crippen LogP contribution in [0.2, 0.25) is 0 Å². The van der Waals surface area contributed by atoms with Crippen molar-refractivity contribution in [1.82, 2.24) is 20.6 Å². The van der Waals surface area contributed by atoms with E-state index in [9.17, 15) is 5.11 Å². The zero-order valence-electron chi connectivity index (χ0n) is 11.8. The van der Waals surface area contributed by atoms with Crippen molar-refractivity contribution < 1.29 is 5.11 Å². The number of hydrogen-bond donors (Lipinski definition) is 3. The predicted octanol–water partition coefficient (Wildman–Crippen LogP) is 2.32. The van der Waals surface area contributed by atoms with Gasteiger partial charge in [-0.1, -0.05) is 18.2 Å². The standard InChI is InChI=1S/C15H12N6OS/c16-8-11(15-18-20-21-19-15)9-17-12-4-1-3-10(7-12)14(22)13-5-2-6-23-13/h1-7,9,14,17,22H,(H,18,19,20,21). The van der Waals surface area contributed by atoms with Crippen LogP contribution in [0.5, 0.6) is 0 Å². The molecule has 1 aromatic carbocycles. The minimum absolute atomic E-state index is 0.217. The Morgan fingerprint density at radius 1 is 1.39 bits per heavy atom. The van der Waals surface area contributed by atoms with Gasteiger partial charge in [-0.05, 0) is 34.4 Å². The molecule has 0 radical (unpaired) electrons. The van der Waals surface area contributed by atoms with Gasteiger partial charge in [0.25, 0.3) is 0 Å². The number of rotatable bonds is 5. The first-order valence-electron chi connectivity index (χ1n) is 6.70. The number of nitriles is 1. The molecule has 2 heterocycles. The maximum Gasteiger partial charge on any atom is 0.216 e. The second kappa shape index (κ2) is 6.83. The van der Waals surface area contributed by atoms with E-state index in [1.807, 2.05) is 47.8 Å². The van der Waals surface area contributed by atoms with E-state index in [0.717, 1.165) is 16.1 Å². The van der Waals surface area contributed by atoms with Crippen molar-refractivity contribution in [3.63, 3.8) is 0 Å². The van der Waals surface area contributed by atoms with Gasteiger partial charge in [-0.2, -0.15) is 10.5 Å². The zero-order chi connectivity index (χ0) is 16.1. The van der Waals surface area contributed by atoms with Crippen LogP contribution < -0.4 is 5.32 Å². The highest BCUT2D eigenvalue weighted by atomic mass is 32.1. The van der Waals surface area contributed by atoms with Crippen molar-refractivity contribution in [3.05, 3.63) is 64.2 Å². The number of H-pyrrole nitrogens is 1. The largest absolute Gasteiger partial charge is 0.383 e. The van der Waals surface area contributed by atoms with Crippen LogP contribution in [0.4, 0.5) is 5.69 Å². The van der Waals surface area contributed by atoms with E-state index in [4.69, 9.17) is 5.26 Å². The van der Waals surface area contributed by atoms with Crippen molar-refractivity contribution >= 4 is 22.6 Å². The Morgan fingerprint density at radius 3 is 3.00 bits per heavy atom. The molecule has 114 valence electrons. The molecule has 0 saturated heterocycles. The monoisotopic (exact) mass is 324 g/mol. The van der Waals surface area contributed by atoms with E-state index in [1.54, 1.807) is 0 Å². The van der Waals surface area contributed by atoms with Crippen molar-refractivity contribution in [2.45, 2.75) is 6.10 Å². The average Bonchev–Trinajstić information content (AvgIpc) is 3.29. The Balaban J connectivity index is 1.79. The number of benzene rings is 1. The first-order valence-corrected chi connectivity index (χ1v) is 7.58. The lowest BCUT2D eigenvalue weighted by Crippen LogP contribution is -1.99. The van der Waals surface area contributed by atoms with E-state index in [1.165, 1.54) is 17.5 Å². The van der Waals surface area contributed by atoms with Crippen LogP contribution >= 0.6 is 11.3 Å². The molecule has 0 spiro atoms. The molecule has 0 bridgehead atoms. The fourth-order valence-corrected chi connectivity index (χ4v) is 2.72. The normalized spacial score (nSPS) is 12.6. The van der Waals surface area contributed by atoms with Crippen LogP contribution in [0, 0.1) is 11.3 Å². The SMILES string of the molecule is N#CC(=CNc1cccc(C(O)c2cccs2)c1)c1nn[nH]n1. The summed E-state index contributed by atoms with van der Waals surface area (Å²) < 4.78 is 0. The third-order valence-electron chi connectivity index (χ3n) is 3.10. The summed E-state index contributed by atoms with van der Waals surface area (Å²) in [7, 11) is 0. The van der Waals surface area contributed by atoms with Gasteiger partial charge in [0.15, 0.2) is 0 Å². The van der Waals surface area contributed by atoms with Crippen LogP contribution in [0.1, 0.15) is 22.4 Å². The van der Waals surface area contributed by atoms with Gasteiger partial charge in [0.05, 0.1) is 0 Å². The number of anilines is 1. The fourth-order valence-electron chi connectivity index (χ4n) is 1.99. The molecule has 2 aromatic heterocycles. The Bertz CT molecular complexity index is 835. The highest BCUT2D eigenvalue weighted by molar-refractivity contribution is 7.10. The van der Waals surface area contributed by atoms with E-state index < -0.39 is 6.10 Å². The molecule has 1 atom stereocenters. The van der Waals surface area contributed by atoms with Crippen LogP contribution in [0.3, 0.4) is 0 Å². The summed E-state index contributed by atoms with van der Waals surface area (Å²) in [6.45, 7) is 0. The summed E-state index contributed by atoms with van der Waals surface area (Å²) in [4.78, 5) is 0.877. The molecule has 0 aliphatic carbocycles. The van der Waals surface area contributed by atoms with Gasteiger partial charge in [-0.15, -0.1) is 21.5 Å². The summed E-state index contributed by atoms with van der Waals surface area (Å²) in [6.07, 6.45) is 0.829. The van der Waals surface area contributed by atoms with Crippen LogP contribution in [0.15, 0.2) is 48.0 Å². The smallest absolute Gasteiger partial charge is 0.216 e. The van der Waals surface area contributed by atoms with Crippen LogP contribution in [0.25, 0.3) is 5.57 Å². The molecule has 3 rings (SSSR count). The van der Waals surface area contributed by atoms with Crippen molar-refractivity contribution in [2.75, 3.05) is 5.32 Å². The molecule has 0 fully saturated rings. The average molecular weight is 324 g/mol. The third-order valence-corrected chi connectivity index (χ3v) is 4.03. The topological polar surface area (TPSA) is 111 Å². The molecule has 0 aliphatic rings. The molecule has 0 amide bonds.